The molecule has 2 aromatic rings. The van der Waals surface area contributed by atoms with Gasteiger partial charge in [0.05, 0.1) is 10.7 Å². The van der Waals surface area contributed by atoms with Crippen molar-refractivity contribution in [2.45, 2.75) is 6.42 Å². The molecular weight excluding hydrogens is 265 g/mol. The van der Waals surface area contributed by atoms with Crippen LogP contribution in [0.5, 0.6) is 0 Å². The van der Waals surface area contributed by atoms with E-state index in [1.807, 2.05) is 12.1 Å². The van der Waals surface area contributed by atoms with Crippen LogP contribution in [0.1, 0.15) is 5.01 Å². The van der Waals surface area contributed by atoms with Gasteiger partial charge in [-0.3, -0.25) is 4.98 Å². The van der Waals surface area contributed by atoms with Crippen LogP contribution in [0, 0.1) is 0 Å². The number of halogens is 2. The van der Waals surface area contributed by atoms with Crippen molar-refractivity contribution in [2.24, 2.45) is 5.73 Å². The van der Waals surface area contributed by atoms with Gasteiger partial charge in [-0.15, -0.1) is 36.2 Å². The van der Waals surface area contributed by atoms with Gasteiger partial charge in [0.15, 0.2) is 0 Å². The molecule has 0 aliphatic rings. The topological polar surface area (TPSA) is 51.8 Å². The Morgan fingerprint density at radius 1 is 1.19 bits per heavy atom. The van der Waals surface area contributed by atoms with Crippen molar-refractivity contribution in [3.8, 4) is 11.3 Å². The van der Waals surface area contributed by atoms with Crippen LogP contribution in [0.3, 0.4) is 0 Å². The molecule has 0 amide bonds. The van der Waals surface area contributed by atoms with Gasteiger partial charge in [-0.25, -0.2) is 4.98 Å². The highest BCUT2D eigenvalue weighted by atomic mass is 35.5. The van der Waals surface area contributed by atoms with E-state index in [1.54, 1.807) is 23.7 Å². The van der Waals surface area contributed by atoms with Crippen molar-refractivity contribution in [1.29, 1.82) is 0 Å². The minimum Gasteiger partial charge on any atom is -0.330 e. The minimum absolute atomic E-state index is 0. The molecule has 0 fully saturated rings. The Morgan fingerprint density at radius 3 is 2.50 bits per heavy atom. The zero-order valence-corrected chi connectivity index (χ0v) is 10.9. The lowest BCUT2D eigenvalue weighted by Gasteiger charge is -1.93. The van der Waals surface area contributed by atoms with E-state index in [0.29, 0.717) is 6.54 Å². The van der Waals surface area contributed by atoms with Crippen LogP contribution in [-0.2, 0) is 6.42 Å². The zero-order chi connectivity index (χ0) is 9.80. The molecule has 2 aromatic heterocycles. The van der Waals surface area contributed by atoms with Crippen LogP contribution in [0.25, 0.3) is 11.3 Å². The van der Waals surface area contributed by atoms with Crippen LogP contribution in [0.4, 0.5) is 0 Å². The molecule has 16 heavy (non-hydrogen) atoms. The standard InChI is InChI=1S/C10H11N3S.2ClH/c11-4-1-10-13-9(7-14-10)8-2-5-12-6-3-8;;/h2-3,5-7H,1,4,11H2;2*1H. The number of hydrogen-bond acceptors (Lipinski definition) is 4. The predicted octanol–water partition coefficient (Wildman–Crippen LogP) is 2.55. The molecule has 0 saturated carbocycles. The van der Waals surface area contributed by atoms with E-state index < -0.39 is 0 Å². The van der Waals surface area contributed by atoms with E-state index in [-0.39, 0.29) is 24.8 Å². The van der Waals surface area contributed by atoms with Crippen LogP contribution >= 0.6 is 36.2 Å². The second-order valence-corrected chi connectivity index (χ2v) is 3.84. The van der Waals surface area contributed by atoms with Crippen molar-refractivity contribution in [3.63, 3.8) is 0 Å². The van der Waals surface area contributed by atoms with E-state index in [4.69, 9.17) is 5.73 Å². The number of pyridine rings is 1. The van der Waals surface area contributed by atoms with Crippen molar-refractivity contribution in [1.82, 2.24) is 9.97 Å². The van der Waals surface area contributed by atoms with Crippen molar-refractivity contribution >= 4 is 36.2 Å². The second-order valence-electron chi connectivity index (χ2n) is 2.90. The fraction of sp³-hybridized carbons (Fsp3) is 0.200. The molecule has 0 saturated heterocycles. The van der Waals surface area contributed by atoms with Gasteiger partial charge in [0.2, 0.25) is 0 Å². The minimum atomic E-state index is 0. The molecule has 0 aromatic carbocycles. The molecule has 0 unspecified atom stereocenters. The molecule has 2 N–H and O–H groups in total. The quantitative estimate of drug-likeness (QED) is 0.938. The van der Waals surface area contributed by atoms with E-state index in [0.717, 1.165) is 22.7 Å². The molecule has 0 atom stereocenters. The van der Waals surface area contributed by atoms with Crippen LogP contribution < -0.4 is 5.73 Å². The monoisotopic (exact) mass is 277 g/mol. The lowest BCUT2D eigenvalue weighted by Crippen LogP contribution is -2.01. The highest BCUT2D eigenvalue weighted by Gasteiger charge is 2.02. The summed E-state index contributed by atoms with van der Waals surface area (Å²) in [7, 11) is 0. The van der Waals surface area contributed by atoms with E-state index in [1.165, 1.54) is 0 Å². The fourth-order valence-electron chi connectivity index (χ4n) is 1.20. The zero-order valence-electron chi connectivity index (χ0n) is 8.50. The van der Waals surface area contributed by atoms with E-state index >= 15 is 0 Å². The summed E-state index contributed by atoms with van der Waals surface area (Å²) in [4.78, 5) is 8.45. The number of rotatable bonds is 3. The summed E-state index contributed by atoms with van der Waals surface area (Å²) in [5.41, 5.74) is 7.59. The molecule has 0 aliphatic carbocycles. The molecule has 0 bridgehead atoms. The van der Waals surface area contributed by atoms with Crippen LogP contribution in [0.2, 0.25) is 0 Å². The van der Waals surface area contributed by atoms with Gasteiger partial charge in [0.25, 0.3) is 0 Å². The average Bonchev–Trinajstić information content (AvgIpc) is 2.68. The lowest BCUT2D eigenvalue weighted by molar-refractivity contribution is 0.954. The maximum absolute atomic E-state index is 5.47. The van der Waals surface area contributed by atoms with Crippen molar-refractivity contribution in [2.75, 3.05) is 6.54 Å². The largest absolute Gasteiger partial charge is 0.330 e. The van der Waals surface area contributed by atoms with Crippen molar-refractivity contribution in [3.05, 3.63) is 34.9 Å². The molecule has 2 heterocycles. The normalized spacial score (nSPS) is 9.06. The SMILES string of the molecule is Cl.Cl.NCCc1nc(-c2ccncc2)cs1. The van der Waals surface area contributed by atoms with Gasteiger partial charge in [-0.1, -0.05) is 0 Å². The Balaban J connectivity index is 0.00000112. The first kappa shape index (κ1) is 15.3. The third-order valence-corrected chi connectivity index (χ3v) is 2.79. The summed E-state index contributed by atoms with van der Waals surface area (Å²) in [5.74, 6) is 0. The summed E-state index contributed by atoms with van der Waals surface area (Å²) < 4.78 is 0. The molecule has 6 heteroatoms. The van der Waals surface area contributed by atoms with Gasteiger partial charge in [0.1, 0.15) is 0 Å². The molecule has 3 nitrogen and oxygen atoms in total. The first-order valence-electron chi connectivity index (χ1n) is 4.45. The van der Waals surface area contributed by atoms with Crippen molar-refractivity contribution < 1.29 is 0 Å². The Morgan fingerprint density at radius 2 is 1.88 bits per heavy atom. The number of aromatic nitrogens is 2. The number of hydrogen-bond donors (Lipinski definition) is 1. The summed E-state index contributed by atoms with van der Waals surface area (Å²) in [6.07, 6.45) is 4.41. The maximum atomic E-state index is 5.47. The third kappa shape index (κ3) is 3.72. The van der Waals surface area contributed by atoms with Gasteiger partial charge in [-0.2, -0.15) is 0 Å². The van der Waals surface area contributed by atoms with Gasteiger partial charge >= 0.3 is 0 Å². The Bertz CT molecular complexity index is 405. The molecule has 2 rings (SSSR count). The average molecular weight is 278 g/mol. The summed E-state index contributed by atoms with van der Waals surface area (Å²) in [6, 6.07) is 3.92. The first-order chi connectivity index (χ1) is 6.90. The second kappa shape index (κ2) is 7.57. The molecule has 0 spiro atoms. The predicted molar refractivity (Wildman–Crippen MR) is 72.6 cm³/mol. The Hall–Kier alpha value is -0.680. The number of thiazole rings is 1. The summed E-state index contributed by atoms with van der Waals surface area (Å²) in [6.45, 7) is 0.656. The lowest BCUT2D eigenvalue weighted by atomic mass is 10.2. The Kier molecular flexibility index (Phi) is 7.25. The first-order valence-corrected chi connectivity index (χ1v) is 5.33. The van der Waals surface area contributed by atoms with Gasteiger partial charge in [0, 0.05) is 29.8 Å². The highest BCUT2D eigenvalue weighted by molar-refractivity contribution is 7.09. The molecule has 88 valence electrons. The van der Waals surface area contributed by atoms with Gasteiger partial charge < -0.3 is 5.73 Å². The van der Waals surface area contributed by atoms with E-state index in [9.17, 15) is 0 Å². The van der Waals surface area contributed by atoms with Gasteiger partial charge in [-0.05, 0) is 18.7 Å². The third-order valence-electron chi connectivity index (χ3n) is 1.89. The smallest absolute Gasteiger partial charge is 0.0945 e. The maximum Gasteiger partial charge on any atom is 0.0945 e. The number of nitrogens with two attached hydrogens (primary N) is 1. The fourth-order valence-corrected chi connectivity index (χ4v) is 2.03. The van der Waals surface area contributed by atoms with E-state index in [2.05, 4.69) is 15.3 Å². The van der Waals surface area contributed by atoms with Crippen LogP contribution in [0.15, 0.2) is 29.9 Å². The molecule has 0 aliphatic heterocycles. The summed E-state index contributed by atoms with van der Waals surface area (Å²) in [5, 5.41) is 3.15. The Labute approximate surface area is 111 Å². The van der Waals surface area contributed by atoms with Crippen LogP contribution in [-0.4, -0.2) is 16.5 Å². The summed E-state index contributed by atoms with van der Waals surface area (Å²) >= 11 is 1.66. The molecule has 0 radical (unpaired) electrons. The molecular formula is C10H13Cl2N3S. The number of nitrogens with zero attached hydrogens (tertiary/aromatic N) is 2. The highest BCUT2D eigenvalue weighted by Crippen LogP contribution is 2.20.